The number of nitrogens with one attached hydrogen (secondary N) is 1. The summed E-state index contributed by atoms with van der Waals surface area (Å²) in [6, 6.07) is 8.25. The molecule has 1 heterocycles. The molecule has 0 spiro atoms. The van der Waals surface area contributed by atoms with Crippen molar-refractivity contribution < 1.29 is 4.74 Å². The first kappa shape index (κ1) is 13.5. The molecule has 0 saturated carbocycles. The van der Waals surface area contributed by atoms with Gasteiger partial charge in [0.15, 0.2) is 0 Å². The molecule has 0 atom stereocenters. The SMILES string of the molecule is COc1nc(Cl)nc(Nc2ccc(C(C)C)cc2)n1. The van der Waals surface area contributed by atoms with E-state index in [1.54, 1.807) is 0 Å². The quantitative estimate of drug-likeness (QED) is 0.929. The van der Waals surface area contributed by atoms with Gasteiger partial charge in [0.1, 0.15) is 0 Å². The van der Waals surface area contributed by atoms with Gasteiger partial charge in [0.25, 0.3) is 0 Å². The molecule has 5 nitrogen and oxygen atoms in total. The number of ether oxygens (including phenoxy) is 1. The van der Waals surface area contributed by atoms with E-state index in [2.05, 4.69) is 46.2 Å². The van der Waals surface area contributed by atoms with E-state index in [-0.39, 0.29) is 11.3 Å². The molecule has 2 rings (SSSR count). The highest BCUT2D eigenvalue weighted by Gasteiger charge is 2.05. The Morgan fingerprint density at radius 2 is 1.79 bits per heavy atom. The Morgan fingerprint density at radius 1 is 1.11 bits per heavy atom. The summed E-state index contributed by atoms with van der Waals surface area (Å²) in [5.41, 5.74) is 2.16. The minimum atomic E-state index is 0.0909. The zero-order valence-corrected chi connectivity index (χ0v) is 11.8. The van der Waals surface area contributed by atoms with Gasteiger partial charge in [0.2, 0.25) is 11.2 Å². The Kier molecular flexibility index (Phi) is 4.16. The molecule has 0 aliphatic heterocycles. The summed E-state index contributed by atoms with van der Waals surface area (Å²) in [5, 5.41) is 3.15. The molecule has 1 aromatic heterocycles. The first-order valence-corrected chi connectivity index (χ1v) is 6.29. The largest absolute Gasteiger partial charge is 0.467 e. The normalized spacial score (nSPS) is 10.6. The van der Waals surface area contributed by atoms with Gasteiger partial charge in [0, 0.05) is 5.69 Å². The summed E-state index contributed by atoms with van der Waals surface area (Å²) >= 11 is 5.78. The van der Waals surface area contributed by atoms with Gasteiger partial charge in [0.05, 0.1) is 7.11 Å². The van der Waals surface area contributed by atoms with Gasteiger partial charge in [-0.25, -0.2) is 0 Å². The van der Waals surface area contributed by atoms with Crippen LogP contribution in [-0.2, 0) is 0 Å². The molecule has 1 N–H and O–H groups in total. The monoisotopic (exact) mass is 278 g/mol. The van der Waals surface area contributed by atoms with E-state index in [0.717, 1.165) is 5.69 Å². The smallest absolute Gasteiger partial charge is 0.322 e. The topological polar surface area (TPSA) is 59.9 Å². The zero-order valence-electron chi connectivity index (χ0n) is 11.0. The molecule has 0 aliphatic carbocycles. The van der Waals surface area contributed by atoms with Gasteiger partial charge < -0.3 is 10.1 Å². The zero-order chi connectivity index (χ0) is 13.8. The van der Waals surface area contributed by atoms with Crippen LogP contribution >= 0.6 is 11.6 Å². The minimum Gasteiger partial charge on any atom is -0.467 e. The number of hydrogen-bond acceptors (Lipinski definition) is 5. The highest BCUT2D eigenvalue weighted by atomic mass is 35.5. The fourth-order valence-electron chi connectivity index (χ4n) is 1.56. The summed E-state index contributed by atoms with van der Waals surface area (Å²) in [4.78, 5) is 11.9. The van der Waals surface area contributed by atoms with Crippen molar-refractivity contribution in [3.05, 3.63) is 35.1 Å². The average molecular weight is 279 g/mol. The van der Waals surface area contributed by atoms with Crippen LogP contribution in [0.1, 0.15) is 25.3 Å². The van der Waals surface area contributed by atoms with E-state index >= 15 is 0 Å². The standard InChI is InChI=1S/C13H15ClN4O/c1-8(2)9-4-6-10(7-5-9)15-12-16-11(14)17-13(18-12)19-3/h4-8H,1-3H3,(H,15,16,17,18). The van der Waals surface area contributed by atoms with Crippen LogP contribution in [-0.4, -0.2) is 22.1 Å². The van der Waals surface area contributed by atoms with E-state index in [4.69, 9.17) is 16.3 Å². The van der Waals surface area contributed by atoms with E-state index in [9.17, 15) is 0 Å². The van der Waals surface area contributed by atoms with E-state index in [0.29, 0.717) is 11.9 Å². The lowest BCUT2D eigenvalue weighted by Crippen LogP contribution is -2.01. The Labute approximate surface area is 117 Å². The summed E-state index contributed by atoms with van der Waals surface area (Å²) in [6.07, 6.45) is 0. The van der Waals surface area contributed by atoms with Crippen LogP contribution in [0.2, 0.25) is 5.28 Å². The lowest BCUT2D eigenvalue weighted by atomic mass is 10.0. The molecular formula is C13H15ClN4O. The maximum absolute atomic E-state index is 5.78. The molecule has 100 valence electrons. The third kappa shape index (κ3) is 3.54. The average Bonchev–Trinajstić information content (AvgIpc) is 2.38. The predicted molar refractivity (Wildman–Crippen MR) is 75.2 cm³/mol. The van der Waals surface area contributed by atoms with Crippen LogP contribution in [0, 0.1) is 0 Å². The molecule has 2 aromatic rings. The number of hydrogen-bond donors (Lipinski definition) is 1. The van der Waals surface area contributed by atoms with E-state index in [1.807, 2.05) is 12.1 Å². The van der Waals surface area contributed by atoms with Crippen molar-refractivity contribution >= 4 is 23.2 Å². The van der Waals surface area contributed by atoms with Gasteiger partial charge in [-0.2, -0.15) is 15.0 Å². The van der Waals surface area contributed by atoms with Crippen molar-refractivity contribution in [1.29, 1.82) is 0 Å². The minimum absolute atomic E-state index is 0.0909. The van der Waals surface area contributed by atoms with Crippen LogP contribution in [0.25, 0.3) is 0 Å². The molecule has 19 heavy (non-hydrogen) atoms. The number of methoxy groups -OCH3 is 1. The van der Waals surface area contributed by atoms with Crippen LogP contribution in [0.5, 0.6) is 6.01 Å². The Balaban J connectivity index is 2.18. The predicted octanol–water partition coefficient (Wildman–Crippen LogP) is 3.40. The van der Waals surface area contributed by atoms with Crippen LogP contribution in [0.15, 0.2) is 24.3 Å². The first-order chi connectivity index (χ1) is 9.08. The van der Waals surface area contributed by atoms with E-state index < -0.39 is 0 Å². The van der Waals surface area contributed by atoms with Crippen molar-refractivity contribution in [1.82, 2.24) is 15.0 Å². The molecule has 0 fully saturated rings. The summed E-state index contributed by atoms with van der Waals surface area (Å²) in [6.45, 7) is 4.30. The van der Waals surface area contributed by atoms with Crippen molar-refractivity contribution in [3.8, 4) is 6.01 Å². The Hall–Kier alpha value is -1.88. The highest BCUT2D eigenvalue weighted by Crippen LogP contribution is 2.20. The lowest BCUT2D eigenvalue weighted by molar-refractivity contribution is 0.379. The van der Waals surface area contributed by atoms with Gasteiger partial charge in [-0.15, -0.1) is 0 Å². The number of nitrogens with zero attached hydrogens (tertiary/aromatic N) is 3. The molecule has 0 aliphatic rings. The molecule has 1 aromatic carbocycles. The van der Waals surface area contributed by atoms with Crippen molar-refractivity contribution in [2.45, 2.75) is 19.8 Å². The highest BCUT2D eigenvalue weighted by molar-refractivity contribution is 6.28. The second kappa shape index (κ2) is 5.84. The Morgan fingerprint density at radius 3 is 2.37 bits per heavy atom. The van der Waals surface area contributed by atoms with E-state index in [1.165, 1.54) is 12.7 Å². The third-order valence-corrected chi connectivity index (χ3v) is 2.77. The molecule has 0 saturated heterocycles. The fourth-order valence-corrected chi connectivity index (χ4v) is 1.71. The Bertz CT molecular complexity index is 557. The summed E-state index contributed by atoms with van der Waals surface area (Å²) < 4.78 is 4.94. The lowest BCUT2D eigenvalue weighted by Gasteiger charge is -2.08. The van der Waals surface area contributed by atoms with Gasteiger partial charge in [-0.1, -0.05) is 26.0 Å². The van der Waals surface area contributed by atoms with Gasteiger partial charge in [-0.3, -0.25) is 0 Å². The molecule has 0 bridgehead atoms. The third-order valence-electron chi connectivity index (χ3n) is 2.60. The number of rotatable bonds is 4. The molecule has 0 radical (unpaired) electrons. The van der Waals surface area contributed by atoms with Gasteiger partial charge in [-0.05, 0) is 35.2 Å². The number of halogens is 1. The first-order valence-electron chi connectivity index (χ1n) is 5.91. The summed E-state index contributed by atoms with van der Waals surface area (Å²) in [7, 11) is 1.48. The number of anilines is 2. The van der Waals surface area contributed by atoms with Crippen molar-refractivity contribution in [2.24, 2.45) is 0 Å². The second-order valence-corrected chi connectivity index (χ2v) is 4.65. The van der Waals surface area contributed by atoms with Crippen LogP contribution in [0.3, 0.4) is 0 Å². The number of aromatic nitrogens is 3. The maximum Gasteiger partial charge on any atom is 0.322 e. The van der Waals surface area contributed by atoms with Crippen LogP contribution in [0.4, 0.5) is 11.6 Å². The molecule has 0 unspecified atom stereocenters. The van der Waals surface area contributed by atoms with Gasteiger partial charge >= 0.3 is 6.01 Å². The summed E-state index contributed by atoms with van der Waals surface area (Å²) in [5.74, 6) is 0.856. The number of benzene rings is 1. The maximum atomic E-state index is 5.78. The van der Waals surface area contributed by atoms with Crippen molar-refractivity contribution in [3.63, 3.8) is 0 Å². The molecule has 6 heteroatoms. The molecule has 0 amide bonds. The molecular weight excluding hydrogens is 264 g/mol. The van der Waals surface area contributed by atoms with Crippen molar-refractivity contribution in [2.75, 3.05) is 12.4 Å². The fraction of sp³-hybridized carbons (Fsp3) is 0.308. The second-order valence-electron chi connectivity index (χ2n) is 4.32. The van der Waals surface area contributed by atoms with Crippen LogP contribution < -0.4 is 10.1 Å².